The Morgan fingerprint density at radius 2 is 1.97 bits per heavy atom. The number of carbonyl (C=O) groups excluding carboxylic acids is 1. The van der Waals surface area contributed by atoms with Crippen LogP contribution in [0, 0.1) is 19.3 Å². The number of rotatable bonds is 4. The van der Waals surface area contributed by atoms with Gasteiger partial charge in [-0.3, -0.25) is 9.69 Å². The molecule has 0 N–H and O–H groups in total. The number of benzene rings is 1. The SMILES string of the molecule is Cc1nc(C)c(C(=O)N2CC3(CN(Cc4ccccc4)CC3c3nncn3C)C2)s1. The van der Waals surface area contributed by atoms with E-state index >= 15 is 0 Å². The summed E-state index contributed by atoms with van der Waals surface area (Å²) in [4.78, 5) is 22.8. The van der Waals surface area contributed by atoms with Crippen molar-refractivity contribution < 1.29 is 4.79 Å². The molecule has 2 aromatic heterocycles. The maximum atomic E-state index is 13.1. The van der Waals surface area contributed by atoms with Crippen LogP contribution in [0.3, 0.4) is 0 Å². The van der Waals surface area contributed by atoms with E-state index in [1.165, 1.54) is 16.9 Å². The lowest BCUT2D eigenvalue weighted by atomic mass is 9.71. The van der Waals surface area contributed by atoms with Gasteiger partial charge in [0.05, 0.1) is 10.7 Å². The Morgan fingerprint density at radius 1 is 1.20 bits per heavy atom. The molecule has 2 aliphatic rings. The summed E-state index contributed by atoms with van der Waals surface area (Å²) in [7, 11) is 2.01. The van der Waals surface area contributed by atoms with E-state index in [1.54, 1.807) is 6.33 Å². The summed E-state index contributed by atoms with van der Waals surface area (Å²) in [5.41, 5.74) is 2.18. The molecule has 8 heteroatoms. The zero-order valence-corrected chi connectivity index (χ0v) is 18.4. The number of hydrogen-bond donors (Lipinski definition) is 0. The maximum absolute atomic E-state index is 13.1. The summed E-state index contributed by atoms with van der Waals surface area (Å²) >= 11 is 1.50. The number of nitrogens with zero attached hydrogens (tertiary/aromatic N) is 6. The van der Waals surface area contributed by atoms with Crippen LogP contribution in [0.1, 0.15) is 37.7 Å². The summed E-state index contributed by atoms with van der Waals surface area (Å²) in [5, 5.41) is 9.50. The smallest absolute Gasteiger partial charge is 0.265 e. The summed E-state index contributed by atoms with van der Waals surface area (Å²) in [5.74, 6) is 1.39. The van der Waals surface area contributed by atoms with Gasteiger partial charge in [0.25, 0.3) is 5.91 Å². The lowest BCUT2D eigenvalue weighted by Crippen LogP contribution is -2.61. The van der Waals surface area contributed by atoms with Gasteiger partial charge in [-0.15, -0.1) is 21.5 Å². The molecule has 2 aliphatic heterocycles. The molecule has 2 fully saturated rings. The van der Waals surface area contributed by atoms with Crippen molar-refractivity contribution in [2.45, 2.75) is 26.3 Å². The largest absolute Gasteiger partial charge is 0.336 e. The minimum atomic E-state index is 0.0267. The van der Waals surface area contributed by atoms with Gasteiger partial charge in [0.15, 0.2) is 0 Å². The number of likely N-dealkylation sites (tertiary alicyclic amines) is 2. The zero-order chi connectivity index (χ0) is 20.9. The van der Waals surface area contributed by atoms with Gasteiger partial charge in [-0.2, -0.15) is 0 Å². The van der Waals surface area contributed by atoms with Gasteiger partial charge in [0.1, 0.15) is 17.0 Å². The van der Waals surface area contributed by atoms with E-state index in [4.69, 9.17) is 0 Å². The molecule has 5 rings (SSSR count). The molecule has 1 atom stereocenters. The lowest BCUT2D eigenvalue weighted by molar-refractivity contribution is 0.00171. The second kappa shape index (κ2) is 7.28. The first-order valence-electron chi connectivity index (χ1n) is 10.3. The van der Waals surface area contributed by atoms with Crippen LogP contribution in [-0.2, 0) is 13.6 Å². The molecule has 0 aliphatic carbocycles. The number of aryl methyl sites for hydroxylation is 3. The predicted octanol–water partition coefficient (Wildman–Crippen LogP) is 2.63. The molecule has 1 unspecified atom stereocenters. The number of carbonyl (C=O) groups is 1. The van der Waals surface area contributed by atoms with E-state index in [1.807, 2.05) is 30.4 Å². The Kier molecular flexibility index (Phi) is 4.71. The van der Waals surface area contributed by atoms with Crippen molar-refractivity contribution in [2.75, 3.05) is 26.2 Å². The van der Waals surface area contributed by atoms with Crippen LogP contribution >= 0.6 is 11.3 Å². The number of aromatic nitrogens is 4. The second-order valence-corrected chi connectivity index (χ2v) is 9.88. The molecular formula is C22H26N6OS. The molecule has 0 radical (unpaired) electrons. The van der Waals surface area contributed by atoms with E-state index < -0.39 is 0 Å². The fourth-order valence-corrected chi connectivity index (χ4v) is 5.94. The Hall–Kier alpha value is -2.58. The van der Waals surface area contributed by atoms with Crippen LogP contribution in [0.5, 0.6) is 0 Å². The van der Waals surface area contributed by atoms with E-state index in [0.29, 0.717) is 0 Å². The van der Waals surface area contributed by atoms with Crippen LogP contribution in [0.25, 0.3) is 0 Å². The van der Waals surface area contributed by atoms with Crippen molar-refractivity contribution in [3.63, 3.8) is 0 Å². The molecule has 1 aromatic carbocycles. The summed E-state index contributed by atoms with van der Waals surface area (Å²) in [6.07, 6.45) is 1.77. The maximum Gasteiger partial charge on any atom is 0.265 e. The Labute approximate surface area is 180 Å². The van der Waals surface area contributed by atoms with Crippen LogP contribution in [0.15, 0.2) is 36.7 Å². The highest BCUT2D eigenvalue weighted by atomic mass is 32.1. The zero-order valence-electron chi connectivity index (χ0n) is 17.6. The Bertz CT molecular complexity index is 1070. The highest BCUT2D eigenvalue weighted by molar-refractivity contribution is 7.13. The van der Waals surface area contributed by atoms with Crippen LogP contribution in [-0.4, -0.2) is 61.6 Å². The molecule has 1 spiro atoms. The molecule has 1 amide bonds. The highest BCUT2D eigenvalue weighted by Gasteiger charge is 2.57. The van der Waals surface area contributed by atoms with Crippen molar-refractivity contribution in [1.29, 1.82) is 0 Å². The minimum Gasteiger partial charge on any atom is -0.336 e. The van der Waals surface area contributed by atoms with E-state index in [0.717, 1.165) is 54.1 Å². The van der Waals surface area contributed by atoms with Gasteiger partial charge in [-0.25, -0.2) is 4.98 Å². The normalized spacial score (nSPS) is 20.6. The van der Waals surface area contributed by atoms with Crippen LogP contribution in [0.2, 0.25) is 0 Å². The molecule has 7 nitrogen and oxygen atoms in total. The molecule has 30 heavy (non-hydrogen) atoms. The molecule has 2 saturated heterocycles. The van der Waals surface area contributed by atoms with Crippen LogP contribution in [0.4, 0.5) is 0 Å². The van der Waals surface area contributed by atoms with Crippen molar-refractivity contribution in [3.05, 3.63) is 63.6 Å². The molecule has 156 valence electrons. The fourth-order valence-electron chi connectivity index (χ4n) is 5.05. The highest BCUT2D eigenvalue weighted by Crippen LogP contribution is 2.49. The first-order chi connectivity index (χ1) is 14.4. The standard InChI is InChI=1S/C22H26N6OS/c1-15-19(30-16(2)24-15)21(29)28-12-22(13-28)11-27(9-17-7-5-4-6-8-17)10-18(22)20-25-23-14-26(20)3/h4-8,14,18H,9-13H2,1-3H3. The molecule has 3 aromatic rings. The molecule has 0 saturated carbocycles. The third-order valence-corrected chi connectivity index (χ3v) is 7.48. The number of hydrogen-bond acceptors (Lipinski definition) is 6. The Morgan fingerprint density at radius 3 is 2.60 bits per heavy atom. The minimum absolute atomic E-state index is 0.0267. The summed E-state index contributed by atoms with van der Waals surface area (Å²) in [6.45, 7) is 8.19. The van der Waals surface area contributed by atoms with Crippen LogP contribution < -0.4 is 0 Å². The third kappa shape index (κ3) is 3.24. The van der Waals surface area contributed by atoms with E-state index in [-0.39, 0.29) is 17.2 Å². The lowest BCUT2D eigenvalue weighted by Gasteiger charge is -2.50. The quantitative estimate of drug-likeness (QED) is 0.647. The number of thiazole rings is 1. The first kappa shape index (κ1) is 19.4. The van der Waals surface area contributed by atoms with Gasteiger partial charge >= 0.3 is 0 Å². The van der Waals surface area contributed by atoms with Gasteiger partial charge < -0.3 is 9.47 Å². The monoisotopic (exact) mass is 422 g/mol. The summed E-state index contributed by atoms with van der Waals surface area (Å²) in [6, 6.07) is 10.6. The first-order valence-corrected chi connectivity index (χ1v) is 11.1. The average Bonchev–Trinajstić information content (AvgIpc) is 3.37. The molecule has 0 bridgehead atoms. The van der Waals surface area contributed by atoms with E-state index in [9.17, 15) is 4.79 Å². The summed E-state index contributed by atoms with van der Waals surface area (Å²) < 4.78 is 2.03. The Balaban J connectivity index is 1.37. The van der Waals surface area contributed by atoms with Gasteiger partial charge in [0, 0.05) is 51.1 Å². The van der Waals surface area contributed by atoms with Crippen molar-refractivity contribution in [1.82, 2.24) is 29.5 Å². The van der Waals surface area contributed by atoms with Crippen molar-refractivity contribution >= 4 is 17.2 Å². The third-order valence-electron chi connectivity index (χ3n) is 6.42. The van der Waals surface area contributed by atoms with Gasteiger partial charge in [-0.1, -0.05) is 30.3 Å². The number of amides is 1. The van der Waals surface area contributed by atoms with Gasteiger partial charge in [0.2, 0.25) is 0 Å². The predicted molar refractivity (Wildman–Crippen MR) is 115 cm³/mol. The second-order valence-electron chi connectivity index (χ2n) is 8.68. The van der Waals surface area contributed by atoms with E-state index in [2.05, 4.69) is 50.4 Å². The van der Waals surface area contributed by atoms with Gasteiger partial charge in [-0.05, 0) is 19.4 Å². The van der Waals surface area contributed by atoms with Crippen molar-refractivity contribution in [3.8, 4) is 0 Å². The molecule has 4 heterocycles. The van der Waals surface area contributed by atoms with Crippen molar-refractivity contribution in [2.24, 2.45) is 12.5 Å². The molecular weight excluding hydrogens is 396 g/mol. The average molecular weight is 423 g/mol. The topological polar surface area (TPSA) is 67.2 Å². The fraction of sp³-hybridized carbons (Fsp3) is 0.455.